The molecule has 0 bridgehead atoms. The van der Waals surface area contributed by atoms with E-state index in [-0.39, 0.29) is 24.5 Å². The SMILES string of the molecule is Cc1cnn(CC2CC2)c1NC(=O)CN1C(=O)COc2ccc([N+](=O)[O-])cc21. The number of carbonyl (C=O) groups is 2. The number of aryl methyl sites for hydroxylation is 1. The third-order valence-electron chi connectivity index (χ3n) is 4.81. The Bertz CT molecular complexity index is 965. The second kappa shape index (κ2) is 6.95. The first kappa shape index (κ1) is 18.0. The Balaban J connectivity index is 1.53. The molecular weight excluding hydrogens is 366 g/mol. The Morgan fingerprint density at radius 3 is 2.93 bits per heavy atom. The summed E-state index contributed by atoms with van der Waals surface area (Å²) < 4.78 is 7.09. The molecule has 2 heterocycles. The fourth-order valence-electron chi connectivity index (χ4n) is 3.12. The van der Waals surface area contributed by atoms with Gasteiger partial charge >= 0.3 is 0 Å². The van der Waals surface area contributed by atoms with Crippen molar-refractivity contribution in [1.29, 1.82) is 0 Å². The van der Waals surface area contributed by atoms with Gasteiger partial charge in [0.05, 0.1) is 16.8 Å². The van der Waals surface area contributed by atoms with Gasteiger partial charge in [0.1, 0.15) is 18.1 Å². The molecule has 0 saturated heterocycles. The van der Waals surface area contributed by atoms with Crippen LogP contribution in [0.3, 0.4) is 0 Å². The molecule has 1 aromatic heterocycles. The van der Waals surface area contributed by atoms with E-state index in [4.69, 9.17) is 4.74 Å². The van der Waals surface area contributed by atoms with Gasteiger partial charge in [-0.3, -0.25) is 24.6 Å². The quantitative estimate of drug-likeness (QED) is 0.599. The standard InChI is InChI=1S/C18H19N5O5/c1-11-7-19-22(8-12-2-3-12)18(11)20-16(24)9-21-14-6-13(23(26)27)4-5-15(14)28-10-17(21)25/h4-7,12H,2-3,8-10H2,1H3,(H,20,24). The molecule has 28 heavy (non-hydrogen) atoms. The highest BCUT2D eigenvalue weighted by atomic mass is 16.6. The van der Waals surface area contributed by atoms with Gasteiger partial charge in [0, 0.05) is 24.2 Å². The number of nitrogens with zero attached hydrogens (tertiary/aromatic N) is 4. The van der Waals surface area contributed by atoms with Gasteiger partial charge in [-0.15, -0.1) is 0 Å². The predicted molar refractivity (Wildman–Crippen MR) is 99.3 cm³/mol. The molecule has 0 radical (unpaired) electrons. The Morgan fingerprint density at radius 2 is 2.21 bits per heavy atom. The van der Waals surface area contributed by atoms with Crippen molar-refractivity contribution >= 4 is 29.0 Å². The van der Waals surface area contributed by atoms with Gasteiger partial charge in [-0.1, -0.05) is 0 Å². The highest BCUT2D eigenvalue weighted by molar-refractivity contribution is 6.05. The topological polar surface area (TPSA) is 120 Å². The van der Waals surface area contributed by atoms with Crippen LogP contribution in [0.2, 0.25) is 0 Å². The van der Waals surface area contributed by atoms with Crippen LogP contribution in [0.1, 0.15) is 18.4 Å². The van der Waals surface area contributed by atoms with E-state index in [0.29, 0.717) is 17.5 Å². The smallest absolute Gasteiger partial charge is 0.271 e. The summed E-state index contributed by atoms with van der Waals surface area (Å²) in [5, 5.41) is 18.2. The number of benzene rings is 1. The molecule has 0 unspecified atom stereocenters. The average molecular weight is 385 g/mol. The maximum Gasteiger partial charge on any atom is 0.271 e. The minimum Gasteiger partial charge on any atom is -0.482 e. The second-order valence-electron chi connectivity index (χ2n) is 7.03. The monoisotopic (exact) mass is 385 g/mol. The van der Waals surface area contributed by atoms with E-state index in [2.05, 4.69) is 10.4 Å². The van der Waals surface area contributed by atoms with Crippen LogP contribution >= 0.6 is 0 Å². The van der Waals surface area contributed by atoms with Crippen molar-refractivity contribution in [2.45, 2.75) is 26.3 Å². The Labute approximate surface area is 160 Å². The molecule has 1 aliphatic carbocycles. The molecule has 4 rings (SSSR count). The maximum atomic E-state index is 12.6. The lowest BCUT2D eigenvalue weighted by Crippen LogP contribution is -2.43. The van der Waals surface area contributed by atoms with Crippen molar-refractivity contribution in [3.05, 3.63) is 40.1 Å². The van der Waals surface area contributed by atoms with Crippen LogP contribution in [0.5, 0.6) is 5.75 Å². The van der Waals surface area contributed by atoms with E-state index < -0.39 is 16.7 Å². The third kappa shape index (κ3) is 3.53. The zero-order valence-corrected chi connectivity index (χ0v) is 15.3. The van der Waals surface area contributed by atoms with E-state index in [9.17, 15) is 19.7 Å². The van der Waals surface area contributed by atoms with Crippen LogP contribution in [-0.2, 0) is 16.1 Å². The second-order valence-corrected chi connectivity index (χ2v) is 7.03. The third-order valence-corrected chi connectivity index (χ3v) is 4.81. The normalized spacial score (nSPS) is 15.8. The number of hydrogen-bond acceptors (Lipinski definition) is 6. The summed E-state index contributed by atoms with van der Waals surface area (Å²) in [4.78, 5) is 36.6. The molecule has 10 heteroatoms. The number of non-ortho nitro benzene ring substituents is 1. The van der Waals surface area contributed by atoms with Gasteiger partial charge in [-0.2, -0.15) is 5.10 Å². The van der Waals surface area contributed by atoms with Crippen molar-refractivity contribution in [2.75, 3.05) is 23.4 Å². The molecule has 0 spiro atoms. The zero-order valence-electron chi connectivity index (χ0n) is 15.3. The van der Waals surface area contributed by atoms with Crippen molar-refractivity contribution < 1.29 is 19.2 Å². The summed E-state index contributed by atoms with van der Waals surface area (Å²) in [7, 11) is 0. The number of nitro benzene ring substituents is 1. The highest BCUT2D eigenvalue weighted by Crippen LogP contribution is 2.35. The fourth-order valence-corrected chi connectivity index (χ4v) is 3.12. The number of nitrogens with one attached hydrogen (secondary N) is 1. The largest absolute Gasteiger partial charge is 0.482 e. The van der Waals surface area contributed by atoms with E-state index in [1.165, 1.54) is 23.1 Å². The minimum absolute atomic E-state index is 0.180. The van der Waals surface area contributed by atoms with Crippen LogP contribution in [0.15, 0.2) is 24.4 Å². The Morgan fingerprint density at radius 1 is 1.43 bits per heavy atom. The molecule has 2 aromatic rings. The number of aromatic nitrogens is 2. The van der Waals surface area contributed by atoms with Crippen molar-refractivity contribution in [3.8, 4) is 5.75 Å². The summed E-state index contributed by atoms with van der Waals surface area (Å²) in [6, 6.07) is 3.97. The summed E-state index contributed by atoms with van der Waals surface area (Å²) >= 11 is 0. The molecule has 1 aromatic carbocycles. The Kier molecular flexibility index (Phi) is 4.46. The van der Waals surface area contributed by atoms with Crippen LogP contribution in [0.4, 0.5) is 17.2 Å². The zero-order chi connectivity index (χ0) is 19.8. The molecule has 146 valence electrons. The van der Waals surface area contributed by atoms with Crippen LogP contribution < -0.4 is 15.0 Å². The fraction of sp³-hybridized carbons (Fsp3) is 0.389. The lowest BCUT2D eigenvalue weighted by molar-refractivity contribution is -0.384. The summed E-state index contributed by atoms with van der Waals surface area (Å²) in [6.07, 6.45) is 4.00. The van der Waals surface area contributed by atoms with Gasteiger partial charge in [-0.25, -0.2) is 4.68 Å². The van der Waals surface area contributed by atoms with E-state index in [1.807, 2.05) is 6.92 Å². The molecule has 2 amide bonds. The summed E-state index contributed by atoms with van der Waals surface area (Å²) in [6.45, 7) is 2.10. The number of carbonyl (C=O) groups excluding carboxylic acids is 2. The first-order valence-electron chi connectivity index (χ1n) is 8.96. The number of rotatable bonds is 6. The predicted octanol–water partition coefficient (Wildman–Crippen LogP) is 1.87. The molecule has 10 nitrogen and oxygen atoms in total. The van der Waals surface area contributed by atoms with Crippen LogP contribution in [0.25, 0.3) is 0 Å². The van der Waals surface area contributed by atoms with E-state index >= 15 is 0 Å². The highest BCUT2D eigenvalue weighted by Gasteiger charge is 2.30. The van der Waals surface area contributed by atoms with E-state index in [1.54, 1.807) is 10.9 Å². The van der Waals surface area contributed by atoms with Gasteiger partial charge < -0.3 is 10.1 Å². The molecular formula is C18H19N5O5. The number of amides is 2. The van der Waals surface area contributed by atoms with Crippen molar-refractivity contribution in [1.82, 2.24) is 9.78 Å². The van der Waals surface area contributed by atoms with Crippen LogP contribution in [0, 0.1) is 23.0 Å². The van der Waals surface area contributed by atoms with Gasteiger partial charge in [-0.05, 0) is 31.7 Å². The number of nitro groups is 1. The average Bonchev–Trinajstić information content (AvgIpc) is 3.42. The van der Waals surface area contributed by atoms with Crippen LogP contribution in [-0.4, -0.2) is 39.7 Å². The molecule has 1 saturated carbocycles. The van der Waals surface area contributed by atoms with Gasteiger partial charge in [0.15, 0.2) is 6.61 Å². The first-order valence-corrected chi connectivity index (χ1v) is 8.96. The summed E-state index contributed by atoms with van der Waals surface area (Å²) in [5.74, 6) is 0.674. The molecule has 1 fully saturated rings. The maximum absolute atomic E-state index is 12.6. The molecule has 1 aliphatic heterocycles. The number of anilines is 2. The number of ether oxygens (including phenoxy) is 1. The van der Waals surface area contributed by atoms with Crippen molar-refractivity contribution in [2.24, 2.45) is 5.92 Å². The van der Waals surface area contributed by atoms with Gasteiger partial charge in [0.2, 0.25) is 5.91 Å². The van der Waals surface area contributed by atoms with Crippen molar-refractivity contribution in [3.63, 3.8) is 0 Å². The van der Waals surface area contributed by atoms with Gasteiger partial charge in [0.25, 0.3) is 11.6 Å². The lowest BCUT2D eigenvalue weighted by atomic mass is 10.2. The van der Waals surface area contributed by atoms with E-state index in [0.717, 1.165) is 24.9 Å². The molecule has 0 atom stereocenters. The Hall–Kier alpha value is -3.43. The minimum atomic E-state index is -0.558. The molecule has 1 N–H and O–H groups in total. The lowest BCUT2D eigenvalue weighted by Gasteiger charge is -2.28. The number of fused-ring (bicyclic) bond motifs is 1. The summed E-state index contributed by atoms with van der Waals surface area (Å²) in [5.41, 5.74) is 0.864. The first-order chi connectivity index (χ1) is 13.4. The molecule has 2 aliphatic rings. The number of hydrogen-bond donors (Lipinski definition) is 1.